The van der Waals surface area contributed by atoms with Crippen LogP contribution in [0.2, 0.25) is 0 Å². The number of carbonyl (C=O) groups is 1. The standard InChI is InChI=1S/C22H27N3O4/c1-5-15(12-26)29-16-10-18(21-19(11-16)25(13-23-21)14(2)3)24-22(27)17-8-6-7-9-20(17)28-4/h6-11,13-15,26H,5,12H2,1-4H3,(H,24,27). The Bertz CT molecular complexity index is 993. The number of nitrogens with one attached hydrogen (secondary N) is 1. The Morgan fingerprint density at radius 2 is 2.03 bits per heavy atom. The molecule has 0 saturated heterocycles. The molecule has 1 amide bonds. The molecule has 0 fully saturated rings. The highest BCUT2D eigenvalue weighted by molar-refractivity contribution is 6.09. The number of para-hydroxylation sites is 1. The number of rotatable bonds is 8. The molecule has 0 aliphatic rings. The van der Waals surface area contributed by atoms with E-state index in [9.17, 15) is 9.90 Å². The fourth-order valence-electron chi connectivity index (χ4n) is 3.15. The second-order valence-electron chi connectivity index (χ2n) is 7.07. The molecule has 0 saturated carbocycles. The molecule has 154 valence electrons. The molecule has 3 aromatic rings. The zero-order valence-corrected chi connectivity index (χ0v) is 17.2. The van der Waals surface area contributed by atoms with E-state index in [1.54, 1.807) is 30.6 Å². The first-order valence-electron chi connectivity index (χ1n) is 9.70. The van der Waals surface area contributed by atoms with Crippen LogP contribution in [0.3, 0.4) is 0 Å². The van der Waals surface area contributed by atoms with Crippen LogP contribution in [0.1, 0.15) is 43.6 Å². The first-order chi connectivity index (χ1) is 14.0. The summed E-state index contributed by atoms with van der Waals surface area (Å²) in [5, 5.41) is 12.4. The summed E-state index contributed by atoms with van der Waals surface area (Å²) in [6.45, 7) is 5.98. The molecule has 2 N–H and O–H groups in total. The Labute approximate surface area is 170 Å². The van der Waals surface area contributed by atoms with E-state index in [-0.39, 0.29) is 24.7 Å². The molecule has 0 radical (unpaired) electrons. The minimum Gasteiger partial charge on any atom is -0.496 e. The van der Waals surface area contributed by atoms with Gasteiger partial charge in [0.25, 0.3) is 5.91 Å². The third-order valence-corrected chi connectivity index (χ3v) is 4.77. The fourth-order valence-corrected chi connectivity index (χ4v) is 3.15. The molecule has 1 unspecified atom stereocenters. The van der Waals surface area contributed by atoms with Crippen LogP contribution >= 0.6 is 0 Å². The SMILES string of the molecule is CCC(CO)Oc1cc(NC(=O)c2ccccc2OC)c2ncn(C(C)C)c2c1. The summed E-state index contributed by atoms with van der Waals surface area (Å²) < 4.78 is 13.2. The Morgan fingerprint density at radius 1 is 1.28 bits per heavy atom. The summed E-state index contributed by atoms with van der Waals surface area (Å²) in [6, 6.07) is 10.9. The van der Waals surface area contributed by atoms with Gasteiger partial charge in [0.05, 0.1) is 36.8 Å². The number of carbonyl (C=O) groups excluding carboxylic acids is 1. The quantitative estimate of drug-likeness (QED) is 0.599. The molecular weight excluding hydrogens is 370 g/mol. The van der Waals surface area contributed by atoms with E-state index in [1.165, 1.54) is 7.11 Å². The fraction of sp³-hybridized carbons (Fsp3) is 0.364. The van der Waals surface area contributed by atoms with Gasteiger partial charge in [0, 0.05) is 18.2 Å². The van der Waals surface area contributed by atoms with Crippen molar-refractivity contribution in [3.63, 3.8) is 0 Å². The number of anilines is 1. The largest absolute Gasteiger partial charge is 0.496 e. The van der Waals surface area contributed by atoms with Crippen molar-refractivity contribution in [2.45, 2.75) is 39.3 Å². The monoisotopic (exact) mass is 397 g/mol. The van der Waals surface area contributed by atoms with Crippen molar-refractivity contribution in [2.24, 2.45) is 0 Å². The summed E-state index contributed by atoms with van der Waals surface area (Å²) in [7, 11) is 1.53. The molecule has 29 heavy (non-hydrogen) atoms. The van der Waals surface area contributed by atoms with Gasteiger partial charge in [0.1, 0.15) is 23.1 Å². The number of aromatic nitrogens is 2. The van der Waals surface area contributed by atoms with Gasteiger partial charge in [0.2, 0.25) is 0 Å². The maximum Gasteiger partial charge on any atom is 0.259 e. The molecule has 1 heterocycles. The average Bonchev–Trinajstić information content (AvgIpc) is 3.16. The third-order valence-electron chi connectivity index (χ3n) is 4.77. The molecule has 2 aromatic carbocycles. The lowest BCUT2D eigenvalue weighted by Crippen LogP contribution is -2.20. The highest BCUT2D eigenvalue weighted by Crippen LogP contribution is 2.32. The summed E-state index contributed by atoms with van der Waals surface area (Å²) in [4.78, 5) is 17.4. The van der Waals surface area contributed by atoms with Crippen molar-refractivity contribution in [3.8, 4) is 11.5 Å². The Balaban J connectivity index is 2.04. The summed E-state index contributed by atoms with van der Waals surface area (Å²) >= 11 is 0. The molecule has 1 aromatic heterocycles. The zero-order chi connectivity index (χ0) is 21.0. The summed E-state index contributed by atoms with van der Waals surface area (Å²) in [6.07, 6.45) is 2.10. The second kappa shape index (κ2) is 8.96. The van der Waals surface area contributed by atoms with E-state index >= 15 is 0 Å². The number of aliphatic hydroxyl groups excluding tert-OH is 1. The van der Waals surface area contributed by atoms with Gasteiger partial charge >= 0.3 is 0 Å². The molecule has 0 bridgehead atoms. The van der Waals surface area contributed by atoms with E-state index in [0.29, 0.717) is 34.7 Å². The van der Waals surface area contributed by atoms with Crippen molar-refractivity contribution in [2.75, 3.05) is 19.0 Å². The number of ether oxygens (including phenoxy) is 2. The third kappa shape index (κ3) is 4.35. The van der Waals surface area contributed by atoms with E-state index in [0.717, 1.165) is 5.52 Å². The molecule has 7 heteroatoms. The van der Waals surface area contributed by atoms with Crippen molar-refractivity contribution in [1.82, 2.24) is 9.55 Å². The molecular formula is C22H27N3O4. The predicted molar refractivity (Wildman–Crippen MR) is 113 cm³/mol. The molecule has 3 rings (SSSR count). The van der Waals surface area contributed by atoms with E-state index in [2.05, 4.69) is 24.1 Å². The highest BCUT2D eigenvalue weighted by Gasteiger charge is 2.18. The Kier molecular flexibility index (Phi) is 6.39. The van der Waals surface area contributed by atoms with Gasteiger partial charge in [-0.1, -0.05) is 19.1 Å². The van der Waals surface area contributed by atoms with E-state index in [4.69, 9.17) is 9.47 Å². The highest BCUT2D eigenvalue weighted by atomic mass is 16.5. The van der Waals surface area contributed by atoms with Crippen LogP contribution in [0.4, 0.5) is 5.69 Å². The second-order valence-corrected chi connectivity index (χ2v) is 7.07. The Morgan fingerprint density at radius 3 is 2.69 bits per heavy atom. The molecule has 7 nitrogen and oxygen atoms in total. The van der Waals surface area contributed by atoms with Gasteiger partial charge in [0.15, 0.2) is 0 Å². The van der Waals surface area contributed by atoms with Crippen molar-refractivity contribution in [1.29, 1.82) is 0 Å². The average molecular weight is 397 g/mol. The topological polar surface area (TPSA) is 85.6 Å². The molecule has 0 aliphatic heterocycles. The smallest absolute Gasteiger partial charge is 0.259 e. The van der Waals surface area contributed by atoms with Crippen molar-refractivity contribution >= 4 is 22.6 Å². The number of fused-ring (bicyclic) bond motifs is 1. The van der Waals surface area contributed by atoms with Gasteiger partial charge in [-0.25, -0.2) is 4.98 Å². The van der Waals surface area contributed by atoms with Crippen molar-refractivity contribution in [3.05, 3.63) is 48.3 Å². The number of amides is 1. The molecule has 0 aliphatic carbocycles. The number of nitrogens with zero attached hydrogens (tertiary/aromatic N) is 2. The van der Waals surface area contributed by atoms with Crippen LogP contribution in [0.25, 0.3) is 11.0 Å². The predicted octanol–water partition coefficient (Wildman–Crippen LogP) is 4.03. The van der Waals surface area contributed by atoms with E-state index < -0.39 is 0 Å². The van der Waals surface area contributed by atoms with Gasteiger partial charge in [-0.05, 0) is 32.4 Å². The van der Waals surface area contributed by atoms with E-state index in [1.807, 2.05) is 23.6 Å². The normalized spacial score (nSPS) is 12.2. The summed E-state index contributed by atoms with van der Waals surface area (Å²) in [5.41, 5.74) is 2.49. The van der Waals surface area contributed by atoms with Crippen molar-refractivity contribution < 1.29 is 19.4 Å². The van der Waals surface area contributed by atoms with Crippen LogP contribution in [0.15, 0.2) is 42.7 Å². The number of methoxy groups -OCH3 is 1. The Hall–Kier alpha value is -3.06. The van der Waals surface area contributed by atoms with Gasteiger partial charge in [-0.15, -0.1) is 0 Å². The van der Waals surface area contributed by atoms with Crippen LogP contribution < -0.4 is 14.8 Å². The zero-order valence-electron chi connectivity index (χ0n) is 17.2. The minimum absolute atomic E-state index is 0.0825. The van der Waals surface area contributed by atoms with Crippen LogP contribution in [-0.2, 0) is 0 Å². The minimum atomic E-state index is -0.319. The number of hydrogen-bond acceptors (Lipinski definition) is 5. The lowest BCUT2D eigenvalue weighted by molar-refractivity contribution is 0.102. The number of hydrogen-bond donors (Lipinski definition) is 2. The van der Waals surface area contributed by atoms with Gasteiger partial charge < -0.3 is 24.5 Å². The molecule has 0 spiro atoms. The lowest BCUT2D eigenvalue weighted by atomic mass is 10.1. The maximum absolute atomic E-state index is 12.9. The van der Waals surface area contributed by atoms with Crippen LogP contribution in [0.5, 0.6) is 11.5 Å². The number of aliphatic hydroxyl groups is 1. The van der Waals surface area contributed by atoms with Crippen LogP contribution in [0, 0.1) is 0 Å². The maximum atomic E-state index is 12.9. The first kappa shape index (κ1) is 20.7. The number of benzene rings is 2. The van der Waals surface area contributed by atoms with Crippen LogP contribution in [-0.4, -0.2) is 40.4 Å². The van der Waals surface area contributed by atoms with Gasteiger partial charge in [-0.3, -0.25) is 4.79 Å². The first-order valence-corrected chi connectivity index (χ1v) is 9.70. The lowest BCUT2D eigenvalue weighted by Gasteiger charge is -2.17. The van der Waals surface area contributed by atoms with Gasteiger partial charge in [-0.2, -0.15) is 0 Å². The summed E-state index contributed by atoms with van der Waals surface area (Å²) in [5.74, 6) is 0.762. The molecule has 1 atom stereocenters. The number of imidazole rings is 1.